The lowest BCUT2D eigenvalue weighted by Crippen LogP contribution is -2.48. The van der Waals surface area contributed by atoms with Gasteiger partial charge in [-0.25, -0.2) is 0 Å². The Morgan fingerprint density at radius 3 is 1.67 bits per heavy atom. The molecule has 0 nitrogen and oxygen atoms in total. The van der Waals surface area contributed by atoms with Gasteiger partial charge in [-0.2, -0.15) is 11.8 Å². The van der Waals surface area contributed by atoms with Gasteiger partial charge in [0.15, 0.2) is 0 Å². The Hall–Kier alpha value is 0.567. The zero-order chi connectivity index (χ0) is 32.6. The minimum absolute atomic E-state index is 0.500. The van der Waals surface area contributed by atoms with E-state index in [0.717, 1.165) is 92.6 Å². The summed E-state index contributed by atoms with van der Waals surface area (Å²) in [6.45, 7) is 31.7. The smallest absolute Gasteiger partial charge is 0.0555 e. The first-order valence-electron chi connectivity index (χ1n) is 20.7. The molecule has 0 spiro atoms. The van der Waals surface area contributed by atoms with E-state index in [1.54, 1.807) is 44.9 Å². The average Bonchev–Trinajstić information content (AvgIpc) is 3.60. The van der Waals surface area contributed by atoms with E-state index in [1.807, 2.05) is 0 Å². The Morgan fingerprint density at radius 2 is 1.13 bits per heavy atom. The molecular formula is C43H78SSi. The second-order valence-corrected chi connectivity index (χ2v) is 28.2. The monoisotopic (exact) mass is 655 g/mol. The Bertz CT molecular complexity index is 984. The van der Waals surface area contributed by atoms with E-state index in [0.29, 0.717) is 10.8 Å². The normalized spacial score (nSPS) is 48.1. The van der Waals surface area contributed by atoms with Crippen LogP contribution >= 0.6 is 11.8 Å². The van der Waals surface area contributed by atoms with Crippen LogP contribution in [0.2, 0.25) is 24.2 Å². The average molecular weight is 655 g/mol. The zero-order valence-electron chi connectivity index (χ0n) is 32.3. The SMILES string of the molecule is CC(C)C1CC2C(SC(C)C2C2CCC(C(C)(C)C)CC2)C1[Si](C)(C)C1C(C)CC2C(C3CCC(C(C)(C)C)CC3)CCCC21. The van der Waals surface area contributed by atoms with Gasteiger partial charge < -0.3 is 0 Å². The first kappa shape index (κ1) is 35.4. The Balaban J connectivity index is 1.19. The van der Waals surface area contributed by atoms with Crippen molar-refractivity contribution in [1.82, 2.24) is 0 Å². The lowest BCUT2D eigenvalue weighted by molar-refractivity contribution is 0.0638. The van der Waals surface area contributed by atoms with Crippen molar-refractivity contribution in [3.05, 3.63) is 0 Å². The molecule has 11 atom stereocenters. The number of rotatable bonds is 5. The largest absolute Gasteiger partial charge is 0.155 e. The Kier molecular flexibility index (Phi) is 10.3. The molecule has 2 heteroatoms. The fourth-order valence-corrected chi connectivity index (χ4v) is 24.3. The molecule has 6 aliphatic rings. The molecule has 0 radical (unpaired) electrons. The topological polar surface area (TPSA) is 0 Å². The van der Waals surface area contributed by atoms with Crippen molar-refractivity contribution in [1.29, 1.82) is 0 Å². The molecule has 0 aromatic carbocycles. The van der Waals surface area contributed by atoms with Gasteiger partial charge in [0.1, 0.15) is 0 Å². The predicted octanol–water partition coefficient (Wildman–Crippen LogP) is 13.6. The molecule has 45 heavy (non-hydrogen) atoms. The van der Waals surface area contributed by atoms with Crippen molar-refractivity contribution in [2.75, 3.05) is 0 Å². The number of thioether (sulfide) groups is 1. The number of fused-ring (bicyclic) bond motifs is 2. The fourth-order valence-electron chi connectivity index (χ4n) is 14.8. The lowest BCUT2D eigenvalue weighted by atomic mass is 9.61. The summed E-state index contributed by atoms with van der Waals surface area (Å²) in [5.41, 5.74) is 3.15. The van der Waals surface area contributed by atoms with E-state index in [9.17, 15) is 0 Å². The predicted molar refractivity (Wildman–Crippen MR) is 204 cm³/mol. The number of hydrogen-bond donors (Lipinski definition) is 0. The van der Waals surface area contributed by atoms with Crippen LogP contribution in [-0.2, 0) is 0 Å². The third kappa shape index (κ3) is 6.61. The zero-order valence-corrected chi connectivity index (χ0v) is 34.2. The molecule has 0 aromatic rings. The molecule has 0 aromatic heterocycles. The molecule has 1 aliphatic heterocycles. The molecule has 0 N–H and O–H groups in total. The molecule has 260 valence electrons. The Labute approximate surface area is 288 Å². The summed E-state index contributed by atoms with van der Waals surface area (Å²) in [4.78, 5) is 0. The summed E-state index contributed by atoms with van der Waals surface area (Å²) in [6, 6.07) is 0. The van der Waals surface area contributed by atoms with Gasteiger partial charge in [-0.05, 0) is 164 Å². The van der Waals surface area contributed by atoms with Crippen molar-refractivity contribution in [3.63, 3.8) is 0 Å². The first-order chi connectivity index (χ1) is 21.0. The van der Waals surface area contributed by atoms with Crippen molar-refractivity contribution in [2.45, 2.75) is 187 Å². The van der Waals surface area contributed by atoms with Crippen LogP contribution in [0.25, 0.3) is 0 Å². The van der Waals surface area contributed by atoms with Crippen LogP contribution in [0.4, 0.5) is 0 Å². The highest BCUT2D eigenvalue weighted by atomic mass is 32.2. The molecule has 11 unspecified atom stereocenters. The molecule has 5 saturated carbocycles. The van der Waals surface area contributed by atoms with Crippen molar-refractivity contribution in [3.8, 4) is 0 Å². The second-order valence-electron chi connectivity index (χ2n) is 21.7. The first-order valence-corrected chi connectivity index (χ1v) is 24.7. The summed E-state index contributed by atoms with van der Waals surface area (Å²) in [5, 5.41) is 1.88. The standard InChI is InChI=1S/C43H78SSi/c1-26(2)35-25-37-38(30-18-22-32(23-19-30)43(8,9)10)28(4)44-39(37)41(35)45(11,12)40-27(3)24-36-33(14-13-15-34(36)40)29-16-20-31(21-17-29)42(5,6)7/h26-41H,13-25H2,1-12H3. The summed E-state index contributed by atoms with van der Waals surface area (Å²) >= 11 is 2.55. The van der Waals surface area contributed by atoms with Crippen LogP contribution in [-0.4, -0.2) is 18.6 Å². The molecular weight excluding hydrogens is 577 g/mol. The molecule has 5 aliphatic carbocycles. The maximum absolute atomic E-state index is 2.98. The highest BCUT2D eigenvalue weighted by molar-refractivity contribution is 8.00. The van der Waals surface area contributed by atoms with E-state index in [1.165, 1.54) is 38.5 Å². The van der Waals surface area contributed by atoms with Crippen molar-refractivity contribution < 1.29 is 0 Å². The van der Waals surface area contributed by atoms with Gasteiger partial charge in [0.25, 0.3) is 0 Å². The van der Waals surface area contributed by atoms with Crippen molar-refractivity contribution >= 4 is 19.8 Å². The highest BCUT2D eigenvalue weighted by Crippen LogP contribution is 2.69. The summed E-state index contributed by atoms with van der Waals surface area (Å²) < 4.78 is 0. The summed E-state index contributed by atoms with van der Waals surface area (Å²) in [5.74, 6) is 12.0. The lowest BCUT2D eigenvalue weighted by Gasteiger charge is -2.49. The second kappa shape index (κ2) is 13.0. The summed E-state index contributed by atoms with van der Waals surface area (Å²) in [7, 11) is -1.50. The molecule has 1 saturated heterocycles. The van der Waals surface area contributed by atoms with E-state index < -0.39 is 8.07 Å². The van der Waals surface area contributed by atoms with Gasteiger partial charge in [0.2, 0.25) is 0 Å². The molecule has 6 fully saturated rings. The molecule has 0 amide bonds. The van der Waals surface area contributed by atoms with Gasteiger partial charge in [-0.15, -0.1) is 0 Å². The Morgan fingerprint density at radius 1 is 0.600 bits per heavy atom. The van der Waals surface area contributed by atoms with Gasteiger partial charge in [0.05, 0.1) is 8.07 Å². The van der Waals surface area contributed by atoms with E-state index in [2.05, 4.69) is 94.1 Å². The van der Waals surface area contributed by atoms with E-state index >= 15 is 0 Å². The minimum Gasteiger partial charge on any atom is -0.155 e. The van der Waals surface area contributed by atoms with Crippen LogP contribution in [0.1, 0.15) is 153 Å². The highest BCUT2D eigenvalue weighted by Gasteiger charge is 2.63. The van der Waals surface area contributed by atoms with E-state index in [4.69, 9.17) is 0 Å². The number of hydrogen-bond acceptors (Lipinski definition) is 1. The van der Waals surface area contributed by atoms with Gasteiger partial charge in [0, 0.05) is 10.5 Å². The molecule has 1 heterocycles. The minimum atomic E-state index is -1.50. The quantitative estimate of drug-likeness (QED) is 0.266. The van der Waals surface area contributed by atoms with Gasteiger partial charge >= 0.3 is 0 Å². The van der Waals surface area contributed by atoms with Crippen LogP contribution in [0.3, 0.4) is 0 Å². The van der Waals surface area contributed by atoms with Crippen molar-refractivity contribution in [2.24, 2.45) is 81.8 Å². The van der Waals surface area contributed by atoms with Crippen LogP contribution in [0.5, 0.6) is 0 Å². The third-order valence-electron chi connectivity index (χ3n) is 16.8. The maximum Gasteiger partial charge on any atom is 0.0555 e. The van der Waals surface area contributed by atoms with Crippen LogP contribution < -0.4 is 0 Å². The fraction of sp³-hybridized carbons (Fsp3) is 1.00. The van der Waals surface area contributed by atoms with Crippen LogP contribution in [0, 0.1) is 81.8 Å². The van der Waals surface area contributed by atoms with Crippen LogP contribution in [0.15, 0.2) is 0 Å². The maximum atomic E-state index is 2.98. The summed E-state index contributed by atoms with van der Waals surface area (Å²) in [6.07, 6.45) is 20.0. The molecule has 6 rings (SSSR count). The van der Waals surface area contributed by atoms with E-state index in [-0.39, 0.29) is 0 Å². The van der Waals surface area contributed by atoms with Gasteiger partial charge in [-0.1, -0.05) is 95.2 Å². The molecule has 0 bridgehead atoms. The third-order valence-corrected chi connectivity index (χ3v) is 24.0. The van der Waals surface area contributed by atoms with Gasteiger partial charge in [-0.3, -0.25) is 0 Å².